The summed E-state index contributed by atoms with van der Waals surface area (Å²) in [5.41, 5.74) is 4.22. The molecule has 28 heavy (non-hydrogen) atoms. The van der Waals surface area contributed by atoms with Crippen molar-refractivity contribution in [1.29, 1.82) is 0 Å². The Balaban J connectivity index is 1.42. The minimum absolute atomic E-state index is 0.0210. The number of ether oxygens (including phenoxy) is 2. The third-order valence-electron chi connectivity index (χ3n) is 3.73. The summed E-state index contributed by atoms with van der Waals surface area (Å²) in [4.78, 5) is 11.7. The molecule has 0 atom stereocenters. The fraction of sp³-hybridized carbons (Fsp3) is 0.0909. The van der Waals surface area contributed by atoms with Gasteiger partial charge >= 0.3 is 0 Å². The summed E-state index contributed by atoms with van der Waals surface area (Å²) in [6, 6.07) is 23.1. The first-order valence-corrected chi connectivity index (χ1v) is 8.67. The third-order valence-corrected chi connectivity index (χ3v) is 3.73. The fourth-order valence-corrected chi connectivity index (χ4v) is 2.31. The van der Waals surface area contributed by atoms with Gasteiger partial charge in [-0.1, -0.05) is 42.5 Å². The van der Waals surface area contributed by atoms with Gasteiger partial charge in [0, 0.05) is 0 Å². The number of halogens is 1. The summed E-state index contributed by atoms with van der Waals surface area (Å²) < 4.78 is 24.2. The normalized spacial score (nSPS) is 10.6. The zero-order chi connectivity index (χ0) is 19.6. The Hall–Kier alpha value is -3.67. The number of para-hydroxylation sites is 1. The second-order valence-electron chi connectivity index (χ2n) is 5.86. The van der Waals surface area contributed by atoms with Crippen molar-refractivity contribution >= 4 is 12.1 Å². The molecule has 0 saturated heterocycles. The Morgan fingerprint density at radius 3 is 2.39 bits per heavy atom. The smallest absolute Gasteiger partial charge is 0.277 e. The van der Waals surface area contributed by atoms with Gasteiger partial charge in [0.15, 0.2) is 18.2 Å². The molecule has 0 aliphatic heterocycles. The number of benzene rings is 3. The van der Waals surface area contributed by atoms with E-state index in [4.69, 9.17) is 9.47 Å². The second kappa shape index (κ2) is 9.87. The molecule has 0 radical (unpaired) electrons. The van der Waals surface area contributed by atoms with E-state index in [2.05, 4.69) is 10.5 Å². The van der Waals surface area contributed by atoms with E-state index in [1.54, 1.807) is 12.1 Å². The molecule has 6 heteroatoms. The first kappa shape index (κ1) is 19.1. The van der Waals surface area contributed by atoms with Gasteiger partial charge in [-0.25, -0.2) is 9.82 Å². The van der Waals surface area contributed by atoms with Crippen LogP contribution in [0.1, 0.15) is 11.1 Å². The van der Waals surface area contributed by atoms with Crippen LogP contribution in [0, 0.1) is 5.82 Å². The highest BCUT2D eigenvalue weighted by Crippen LogP contribution is 2.15. The highest BCUT2D eigenvalue weighted by Gasteiger charge is 2.05. The van der Waals surface area contributed by atoms with E-state index in [1.165, 1.54) is 18.3 Å². The lowest BCUT2D eigenvalue weighted by Crippen LogP contribution is -2.24. The van der Waals surface area contributed by atoms with E-state index >= 15 is 0 Å². The average molecular weight is 378 g/mol. The summed E-state index contributed by atoms with van der Waals surface area (Å²) in [6.45, 7) is 0.164. The van der Waals surface area contributed by atoms with Gasteiger partial charge in [-0.05, 0) is 47.5 Å². The lowest BCUT2D eigenvalue weighted by molar-refractivity contribution is -0.123. The highest BCUT2D eigenvalue weighted by atomic mass is 19.1. The maximum atomic E-state index is 13.4. The van der Waals surface area contributed by atoms with Crippen LogP contribution in [0.2, 0.25) is 0 Å². The molecule has 0 aliphatic rings. The van der Waals surface area contributed by atoms with Crippen LogP contribution in [0.15, 0.2) is 84.0 Å². The molecule has 3 rings (SSSR count). The molecule has 0 spiro atoms. The predicted molar refractivity (Wildman–Crippen MR) is 105 cm³/mol. The molecule has 142 valence electrons. The van der Waals surface area contributed by atoms with Crippen molar-refractivity contribution in [3.63, 3.8) is 0 Å². The van der Waals surface area contributed by atoms with Crippen LogP contribution < -0.4 is 14.9 Å². The second-order valence-corrected chi connectivity index (χ2v) is 5.86. The number of rotatable bonds is 8. The Morgan fingerprint density at radius 2 is 1.64 bits per heavy atom. The number of amides is 1. The molecule has 1 amide bonds. The number of carbonyl (C=O) groups excluding carboxylic acids is 1. The van der Waals surface area contributed by atoms with Crippen molar-refractivity contribution in [3.8, 4) is 11.5 Å². The van der Waals surface area contributed by atoms with Crippen LogP contribution in [0.5, 0.6) is 11.5 Å². The number of nitrogens with zero attached hydrogens (tertiary/aromatic N) is 1. The van der Waals surface area contributed by atoms with Crippen molar-refractivity contribution in [1.82, 2.24) is 5.43 Å². The maximum Gasteiger partial charge on any atom is 0.277 e. The van der Waals surface area contributed by atoms with Gasteiger partial charge in [-0.15, -0.1) is 0 Å². The van der Waals surface area contributed by atoms with Gasteiger partial charge < -0.3 is 9.47 Å². The SMILES string of the molecule is O=C(COc1ccccc1F)N/N=C\c1ccc(OCc2ccccc2)cc1. The molecule has 5 nitrogen and oxygen atoms in total. The largest absolute Gasteiger partial charge is 0.489 e. The van der Waals surface area contributed by atoms with Crippen LogP contribution in [0.3, 0.4) is 0 Å². The molecule has 3 aromatic rings. The number of nitrogens with one attached hydrogen (secondary N) is 1. The summed E-state index contributed by atoms with van der Waals surface area (Å²) >= 11 is 0. The van der Waals surface area contributed by atoms with Crippen LogP contribution in [0.4, 0.5) is 4.39 Å². The summed E-state index contributed by atoms with van der Waals surface area (Å²) in [5.74, 6) is -0.244. The third kappa shape index (κ3) is 5.95. The van der Waals surface area contributed by atoms with E-state index in [1.807, 2.05) is 54.6 Å². The van der Waals surface area contributed by atoms with Crippen LogP contribution in [-0.4, -0.2) is 18.7 Å². The standard InChI is InChI=1S/C22H19FN2O3/c23-20-8-4-5-9-21(20)28-16-22(26)25-24-14-17-10-12-19(13-11-17)27-15-18-6-2-1-3-7-18/h1-14H,15-16H2,(H,25,26)/b24-14-. The average Bonchev–Trinajstić information content (AvgIpc) is 2.73. The molecule has 0 unspecified atom stereocenters. The van der Waals surface area contributed by atoms with Crippen molar-refractivity contribution in [2.45, 2.75) is 6.61 Å². The number of hydrogen-bond acceptors (Lipinski definition) is 4. The van der Waals surface area contributed by atoms with E-state index in [0.717, 1.165) is 16.9 Å². The number of carbonyl (C=O) groups is 1. The van der Waals surface area contributed by atoms with Gasteiger partial charge in [0.2, 0.25) is 0 Å². The van der Waals surface area contributed by atoms with Crippen LogP contribution >= 0.6 is 0 Å². The number of hydrazone groups is 1. The Labute approximate surface area is 162 Å². The van der Waals surface area contributed by atoms with Crippen molar-refractivity contribution < 1.29 is 18.7 Å². The van der Waals surface area contributed by atoms with Gasteiger partial charge in [-0.3, -0.25) is 4.79 Å². The Bertz CT molecular complexity index is 928. The fourth-order valence-electron chi connectivity index (χ4n) is 2.31. The molecular weight excluding hydrogens is 359 g/mol. The van der Waals surface area contributed by atoms with Crippen molar-refractivity contribution in [3.05, 3.63) is 95.8 Å². The predicted octanol–water partition coefficient (Wildman–Crippen LogP) is 3.93. The highest BCUT2D eigenvalue weighted by molar-refractivity contribution is 5.83. The summed E-state index contributed by atoms with van der Waals surface area (Å²) in [6.07, 6.45) is 1.50. The summed E-state index contributed by atoms with van der Waals surface area (Å²) in [7, 11) is 0. The van der Waals surface area contributed by atoms with Gasteiger partial charge in [0.05, 0.1) is 6.21 Å². The summed E-state index contributed by atoms with van der Waals surface area (Å²) in [5, 5.41) is 3.86. The van der Waals surface area contributed by atoms with Crippen molar-refractivity contribution in [2.24, 2.45) is 5.10 Å². The molecule has 0 heterocycles. The van der Waals surface area contributed by atoms with E-state index < -0.39 is 11.7 Å². The van der Waals surface area contributed by atoms with Gasteiger partial charge in [0.1, 0.15) is 12.4 Å². The molecule has 0 aliphatic carbocycles. The Kier molecular flexibility index (Phi) is 6.73. The molecule has 0 saturated carbocycles. The maximum absolute atomic E-state index is 13.4. The first-order chi connectivity index (χ1) is 13.7. The first-order valence-electron chi connectivity index (χ1n) is 8.67. The lowest BCUT2D eigenvalue weighted by Gasteiger charge is -2.06. The zero-order valence-corrected chi connectivity index (χ0v) is 15.0. The number of hydrogen-bond donors (Lipinski definition) is 1. The van der Waals surface area contributed by atoms with E-state index in [-0.39, 0.29) is 12.4 Å². The molecular formula is C22H19FN2O3. The quantitative estimate of drug-likeness (QED) is 0.477. The van der Waals surface area contributed by atoms with Crippen LogP contribution in [0.25, 0.3) is 0 Å². The van der Waals surface area contributed by atoms with Gasteiger partial charge in [0.25, 0.3) is 5.91 Å². The minimum Gasteiger partial charge on any atom is -0.489 e. The van der Waals surface area contributed by atoms with Gasteiger partial charge in [-0.2, -0.15) is 5.10 Å². The molecule has 0 fully saturated rings. The Morgan fingerprint density at radius 1 is 0.929 bits per heavy atom. The monoisotopic (exact) mass is 378 g/mol. The van der Waals surface area contributed by atoms with Crippen molar-refractivity contribution in [2.75, 3.05) is 6.61 Å². The molecule has 3 aromatic carbocycles. The minimum atomic E-state index is -0.520. The topological polar surface area (TPSA) is 59.9 Å². The molecule has 0 aromatic heterocycles. The van der Waals surface area contributed by atoms with Crippen LogP contribution in [-0.2, 0) is 11.4 Å². The lowest BCUT2D eigenvalue weighted by atomic mass is 10.2. The molecule has 1 N–H and O–H groups in total. The van der Waals surface area contributed by atoms with E-state index in [9.17, 15) is 9.18 Å². The van der Waals surface area contributed by atoms with E-state index in [0.29, 0.717) is 6.61 Å². The molecule has 0 bridgehead atoms. The zero-order valence-electron chi connectivity index (χ0n) is 15.0.